The molecular formula is C12H28N2O2. The van der Waals surface area contributed by atoms with Gasteiger partial charge < -0.3 is 15.8 Å². The number of rotatable bonds is 2. The maximum atomic E-state index is 10.1. The Bertz CT molecular complexity index is 131. The lowest BCUT2D eigenvalue weighted by atomic mass is 10.4. The van der Waals surface area contributed by atoms with Gasteiger partial charge in [0.25, 0.3) is 0 Å². The van der Waals surface area contributed by atoms with Crippen molar-refractivity contribution in [1.82, 2.24) is 5.32 Å². The van der Waals surface area contributed by atoms with Crippen LogP contribution in [0.3, 0.4) is 0 Å². The second kappa shape index (κ2) is 23.7. The molecule has 1 saturated heterocycles. The summed E-state index contributed by atoms with van der Waals surface area (Å²) in [5.41, 5.74) is 4.50. The van der Waals surface area contributed by atoms with E-state index in [2.05, 4.69) is 24.9 Å². The van der Waals surface area contributed by atoms with Gasteiger partial charge in [-0.1, -0.05) is 27.2 Å². The summed E-state index contributed by atoms with van der Waals surface area (Å²) in [5.74, 6) is 0.204. The normalized spacial score (nSPS) is 11.7. The third kappa shape index (κ3) is 29.2. The van der Waals surface area contributed by atoms with Gasteiger partial charge >= 0.3 is 0 Å². The van der Waals surface area contributed by atoms with Gasteiger partial charge in [-0.25, -0.2) is 0 Å². The first-order valence-electron chi connectivity index (χ1n) is 6.00. The molecule has 0 bridgehead atoms. The summed E-state index contributed by atoms with van der Waals surface area (Å²) in [6.45, 7) is 7.12. The fraction of sp³-hybridized carbons (Fsp3) is 0.833. The number of aldehydes is 1. The monoisotopic (exact) mass is 232 g/mol. The molecule has 1 amide bonds. The van der Waals surface area contributed by atoms with Crippen molar-refractivity contribution in [2.45, 2.75) is 52.9 Å². The molecule has 0 aliphatic carbocycles. The Morgan fingerprint density at radius 1 is 1.31 bits per heavy atom. The van der Waals surface area contributed by atoms with Crippen LogP contribution in [-0.2, 0) is 9.59 Å². The predicted octanol–water partition coefficient (Wildman–Crippen LogP) is 1.87. The molecule has 4 heteroatoms. The maximum Gasteiger partial charge on any atom is 0.220 e. The quantitative estimate of drug-likeness (QED) is 0.714. The highest BCUT2D eigenvalue weighted by molar-refractivity contribution is 5.77. The molecule has 1 heterocycles. The minimum atomic E-state index is 0.204. The molecule has 0 atom stereocenters. The Morgan fingerprint density at radius 3 is 1.88 bits per heavy atom. The SMILES string of the molecule is CCC.CCCC=O.CN.O=C1CCCN1. The zero-order valence-electron chi connectivity index (χ0n) is 11.2. The largest absolute Gasteiger partial charge is 0.356 e. The van der Waals surface area contributed by atoms with E-state index in [0.29, 0.717) is 6.42 Å². The van der Waals surface area contributed by atoms with E-state index in [1.807, 2.05) is 6.92 Å². The summed E-state index contributed by atoms with van der Waals surface area (Å²) in [6.07, 6.45) is 5.63. The minimum Gasteiger partial charge on any atom is -0.356 e. The Hall–Kier alpha value is -0.900. The van der Waals surface area contributed by atoms with Crippen molar-refractivity contribution in [2.75, 3.05) is 13.6 Å². The van der Waals surface area contributed by atoms with Crippen molar-refractivity contribution in [1.29, 1.82) is 0 Å². The molecule has 0 unspecified atom stereocenters. The van der Waals surface area contributed by atoms with E-state index in [1.165, 1.54) is 13.5 Å². The summed E-state index contributed by atoms with van der Waals surface area (Å²) in [5, 5.41) is 2.68. The second-order valence-electron chi connectivity index (χ2n) is 3.12. The molecule has 1 fully saturated rings. The third-order valence-electron chi connectivity index (χ3n) is 1.31. The number of amides is 1. The molecule has 0 aromatic rings. The van der Waals surface area contributed by atoms with Gasteiger partial charge in [0.1, 0.15) is 6.29 Å². The zero-order chi connectivity index (χ0) is 13.2. The zero-order valence-corrected chi connectivity index (χ0v) is 11.2. The van der Waals surface area contributed by atoms with Crippen LogP contribution in [0.2, 0.25) is 0 Å². The number of hydrogen-bond acceptors (Lipinski definition) is 3. The van der Waals surface area contributed by atoms with Crippen LogP contribution >= 0.6 is 0 Å². The standard InChI is InChI=1S/C4H7NO.C4H8O.C3H8.CH5N/c6-4-2-1-3-5-4;1-2-3-4-5;1-3-2;1-2/h1-3H2,(H,5,6);4H,2-3H2,1H3;3H2,1-2H3;2H2,1H3. The van der Waals surface area contributed by atoms with E-state index >= 15 is 0 Å². The first-order chi connectivity index (χ1) is 7.72. The van der Waals surface area contributed by atoms with Crippen LogP contribution in [0.4, 0.5) is 0 Å². The van der Waals surface area contributed by atoms with Crippen LogP contribution in [0.25, 0.3) is 0 Å². The molecule has 0 radical (unpaired) electrons. The molecule has 0 aromatic carbocycles. The summed E-state index contributed by atoms with van der Waals surface area (Å²) in [7, 11) is 1.50. The lowest BCUT2D eigenvalue weighted by Crippen LogP contribution is -2.12. The number of hydrogen-bond donors (Lipinski definition) is 2. The number of nitrogens with two attached hydrogens (primary N) is 1. The molecular weight excluding hydrogens is 204 g/mol. The van der Waals surface area contributed by atoms with Crippen LogP contribution < -0.4 is 11.1 Å². The van der Waals surface area contributed by atoms with Gasteiger partial charge in [-0.05, 0) is 19.9 Å². The summed E-state index contributed by atoms with van der Waals surface area (Å²) in [6, 6.07) is 0. The third-order valence-corrected chi connectivity index (χ3v) is 1.31. The Labute approximate surface area is 100.0 Å². The maximum absolute atomic E-state index is 10.1. The Kier molecular flexibility index (Phi) is 30.4. The average Bonchev–Trinajstić information content (AvgIpc) is 2.75. The molecule has 98 valence electrons. The fourth-order valence-corrected chi connectivity index (χ4v) is 0.683. The molecule has 4 nitrogen and oxygen atoms in total. The van der Waals surface area contributed by atoms with E-state index in [9.17, 15) is 9.59 Å². The summed E-state index contributed by atoms with van der Waals surface area (Å²) >= 11 is 0. The second-order valence-corrected chi connectivity index (χ2v) is 3.12. The van der Waals surface area contributed by atoms with Gasteiger partial charge in [-0.15, -0.1) is 0 Å². The lowest BCUT2D eigenvalue weighted by molar-refractivity contribution is -0.119. The van der Waals surface area contributed by atoms with Crippen LogP contribution in [0.5, 0.6) is 0 Å². The van der Waals surface area contributed by atoms with Crippen molar-refractivity contribution < 1.29 is 9.59 Å². The topological polar surface area (TPSA) is 72.2 Å². The van der Waals surface area contributed by atoms with Gasteiger partial charge in [0.15, 0.2) is 0 Å². The van der Waals surface area contributed by atoms with Gasteiger partial charge in [0.05, 0.1) is 0 Å². The smallest absolute Gasteiger partial charge is 0.220 e. The summed E-state index contributed by atoms with van der Waals surface area (Å²) < 4.78 is 0. The first kappa shape index (κ1) is 20.5. The average molecular weight is 232 g/mol. The highest BCUT2D eigenvalue weighted by Gasteiger charge is 2.05. The van der Waals surface area contributed by atoms with Crippen LogP contribution in [0.15, 0.2) is 0 Å². The number of nitrogens with one attached hydrogen (secondary N) is 1. The highest BCUT2D eigenvalue weighted by atomic mass is 16.1. The predicted molar refractivity (Wildman–Crippen MR) is 69.3 cm³/mol. The van der Waals surface area contributed by atoms with Crippen molar-refractivity contribution in [3.63, 3.8) is 0 Å². The van der Waals surface area contributed by atoms with Gasteiger partial charge in [-0.2, -0.15) is 0 Å². The van der Waals surface area contributed by atoms with Crippen LogP contribution in [-0.4, -0.2) is 25.8 Å². The van der Waals surface area contributed by atoms with Crippen molar-refractivity contribution in [3.8, 4) is 0 Å². The molecule has 3 N–H and O–H groups in total. The van der Waals surface area contributed by atoms with E-state index in [-0.39, 0.29) is 5.91 Å². The van der Waals surface area contributed by atoms with E-state index < -0.39 is 0 Å². The van der Waals surface area contributed by atoms with Crippen LogP contribution in [0, 0.1) is 0 Å². The van der Waals surface area contributed by atoms with Gasteiger partial charge in [0, 0.05) is 19.4 Å². The van der Waals surface area contributed by atoms with Crippen molar-refractivity contribution in [3.05, 3.63) is 0 Å². The molecule has 0 aromatic heterocycles. The lowest BCUT2D eigenvalue weighted by Gasteiger charge is -1.80. The highest BCUT2D eigenvalue weighted by Crippen LogP contribution is 1.93. The number of unbranched alkanes of at least 4 members (excludes halogenated alkanes) is 1. The molecule has 0 spiro atoms. The van der Waals surface area contributed by atoms with Crippen molar-refractivity contribution >= 4 is 12.2 Å². The molecule has 0 saturated carbocycles. The van der Waals surface area contributed by atoms with E-state index in [4.69, 9.17) is 0 Å². The van der Waals surface area contributed by atoms with E-state index in [1.54, 1.807) is 0 Å². The first-order valence-corrected chi connectivity index (χ1v) is 6.00. The minimum absolute atomic E-state index is 0.204. The van der Waals surface area contributed by atoms with Crippen molar-refractivity contribution in [2.24, 2.45) is 5.73 Å². The molecule has 1 rings (SSSR count). The van der Waals surface area contributed by atoms with Gasteiger partial charge in [-0.3, -0.25) is 4.79 Å². The number of carbonyl (C=O) groups excluding carboxylic acids is 2. The Morgan fingerprint density at radius 2 is 1.81 bits per heavy atom. The number of carbonyl (C=O) groups is 2. The molecule has 1 aliphatic heterocycles. The fourth-order valence-electron chi connectivity index (χ4n) is 0.683. The summed E-state index contributed by atoms with van der Waals surface area (Å²) in [4.78, 5) is 19.5. The van der Waals surface area contributed by atoms with Gasteiger partial charge in [0.2, 0.25) is 5.91 Å². The van der Waals surface area contributed by atoms with E-state index in [0.717, 1.165) is 32.1 Å². The van der Waals surface area contributed by atoms with Crippen LogP contribution in [0.1, 0.15) is 52.9 Å². The Balaban J connectivity index is -0.000000155. The molecule has 1 aliphatic rings. The molecule has 16 heavy (non-hydrogen) atoms.